The lowest BCUT2D eigenvalue weighted by molar-refractivity contribution is -0.113. The van der Waals surface area contributed by atoms with Crippen LogP contribution in [-0.2, 0) is 17.8 Å². The first kappa shape index (κ1) is 28.2. The van der Waals surface area contributed by atoms with Crippen molar-refractivity contribution in [2.75, 3.05) is 22.1 Å². The third-order valence-electron chi connectivity index (χ3n) is 5.67. The largest absolute Gasteiger partial charge is 0.378 e. The lowest BCUT2D eigenvalue weighted by Crippen LogP contribution is -2.14. The van der Waals surface area contributed by atoms with Crippen molar-refractivity contribution in [1.82, 2.24) is 25.0 Å². The second kappa shape index (κ2) is 14.3. The van der Waals surface area contributed by atoms with Gasteiger partial charge in [-0.2, -0.15) is 0 Å². The molecule has 0 radical (unpaired) electrons. The van der Waals surface area contributed by atoms with Crippen LogP contribution in [0.1, 0.15) is 17.8 Å². The van der Waals surface area contributed by atoms with E-state index < -0.39 is 0 Å². The monoisotopic (exact) mass is 607 g/mol. The van der Waals surface area contributed by atoms with Gasteiger partial charge in [0.1, 0.15) is 0 Å². The summed E-state index contributed by atoms with van der Waals surface area (Å²) in [4.78, 5) is 12.7. The molecule has 0 aliphatic carbocycles. The van der Waals surface area contributed by atoms with Crippen LogP contribution in [0.4, 0.5) is 10.8 Å². The van der Waals surface area contributed by atoms with E-state index in [4.69, 9.17) is 11.6 Å². The second-order valence-electron chi connectivity index (χ2n) is 8.58. The molecule has 2 aromatic heterocycles. The molecule has 3 aromatic carbocycles. The van der Waals surface area contributed by atoms with Crippen molar-refractivity contribution in [2.24, 2.45) is 0 Å². The normalized spacial score (nSPS) is 10.9. The average molecular weight is 608 g/mol. The maximum absolute atomic E-state index is 12.7. The number of hydrogen-bond acceptors (Lipinski definition) is 9. The molecular formula is C28H26ClN7OS3. The molecule has 0 spiro atoms. The molecular weight excluding hydrogens is 582 g/mol. The van der Waals surface area contributed by atoms with Gasteiger partial charge in [0.05, 0.1) is 12.3 Å². The molecule has 0 atom stereocenters. The number of para-hydroxylation sites is 1. The summed E-state index contributed by atoms with van der Waals surface area (Å²) < 4.78 is 2.80. The molecule has 0 fully saturated rings. The lowest BCUT2D eigenvalue weighted by atomic mass is 10.1. The van der Waals surface area contributed by atoms with Crippen LogP contribution >= 0.6 is 46.5 Å². The molecule has 1 amide bonds. The van der Waals surface area contributed by atoms with Gasteiger partial charge in [0.25, 0.3) is 0 Å². The molecule has 0 aliphatic rings. The minimum Gasteiger partial charge on any atom is -0.378 e. The summed E-state index contributed by atoms with van der Waals surface area (Å²) in [6.07, 6.45) is 2.08. The maximum atomic E-state index is 12.7. The Kier molecular flexibility index (Phi) is 10.1. The maximum Gasteiger partial charge on any atom is 0.236 e. The van der Waals surface area contributed by atoms with E-state index in [-0.39, 0.29) is 11.7 Å². The lowest BCUT2D eigenvalue weighted by Gasteiger charge is -2.11. The Labute approximate surface area is 250 Å². The number of anilines is 2. The number of benzene rings is 3. The van der Waals surface area contributed by atoms with Gasteiger partial charge in [-0.15, -0.1) is 20.4 Å². The summed E-state index contributed by atoms with van der Waals surface area (Å²) in [6.45, 7) is 0.451. The van der Waals surface area contributed by atoms with Gasteiger partial charge in [0.2, 0.25) is 11.0 Å². The Morgan fingerprint density at radius 2 is 1.62 bits per heavy atom. The predicted molar refractivity (Wildman–Crippen MR) is 165 cm³/mol. The number of aromatic nitrogens is 5. The number of nitrogens with one attached hydrogen (secondary N) is 2. The number of aryl methyl sites for hydroxylation is 1. The second-order valence-corrected chi connectivity index (χ2v) is 12.3. The Morgan fingerprint density at radius 3 is 2.40 bits per heavy atom. The van der Waals surface area contributed by atoms with Gasteiger partial charge in [-0.25, -0.2) is 0 Å². The first-order valence-electron chi connectivity index (χ1n) is 12.6. The number of nitrogens with zero attached hydrogens (tertiary/aromatic N) is 5. The molecule has 0 saturated heterocycles. The van der Waals surface area contributed by atoms with Gasteiger partial charge in [-0.3, -0.25) is 14.7 Å². The zero-order valence-electron chi connectivity index (χ0n) is 21.4. The van der Waals surface area contributed by atoms with E-state index in [9.17, 15) is 4.79 Å². The molecule has 40 heavy (non-hydrogen) atoms. The first-order valence-corrected chi connectivity index (χ1v) is 15.7. The molecule has 0 saturated carbocycles. The summed E-state index contributed by atoms with van der Waals surface area (Å²) in [5.41, 5.74) is 3.17. The Bertz CT molecular complexity index is 1510. The van der Waals surface area contributed by atoms with E-state index in [1.807, 2.05) is 65.2 Å². The number of halogens is 1. The van der Waals surface area contributed by atoms with Crippen LogP contribution in [0, 0.1) is 0 Å². The van der Waals surface area contributed by atoms with Gasteiger partial charge >= 0.3 is 0 Å². The summed E-state index contributed by atoms with van der Waals surface area (Å²) in [7, 11) is 0. The van der Waals surface area contributed by atoms with Crippen molar-refractivity contribution < 1.29 is 4.79 Å². The summed E-state index contributed by atoms with van der Waals surface area (Å²) in [5.74, 6) is 1.65. The van der Waals surface area contributed by atoms with Crippen molar-refractivity contribution in [3.05, 3.63) is 101 Å². The van der Waals surface area contributed by atoms with Crippen LogP contribution in [0.3, 0.4) is 0 Å². The highest BCUT2D eigenvalue weighted by molar-refractivity contribution is 8.01. The minimum atomic E-state index is -0.176. The van der Waals surface area contributed by atoms with E-state index in [1.54, 1.807) is 11.8 Å². The highest BCUT2D eigenvalue weighted by Crippen LogP contribution is 2.27. The third kappa shape index (κ3) is 8.07. The van der Waals surface area contributed by atoms with Gasteiger partial charge in [0.15, 0.2) is 15.3 Å². The molecule has 0 unspecified atom stereocenters. The Hall–Kier alpha value is -3.38. The highest BCUT2D eigenvalue weighted by Gasteiger charge is 2.17. The van der Waals surface area contributed by atoms with Crippen LogP contribution in [0.2, 0.25) is 5.02 Å². The zero-order chi connectivity index (χ0) is 27.6. The predicted octanol–water partition coefficient (Wildman–Crippen LogP) is 6.84. The molecule has 5 aromatic rings. The van der Waals surface area contributed by atoms with Crippen molar-refractivity contribution in [3.8, 4) is 5.69 Å². The van der Waals surface area contributed by atoms with Gasteiger partial charge in [0, 0.05) is 22.2 Å². The molecule has 5 rings (SSSR count). The molecule has 0 aliphatic heterocycles. The number of carbonyl (C=O) groups excluding carboxylic acids is 1. The number of hydrogen-bond donors (Lipinski definition) is 2. The summed E-state index contributed by atoms with van der Waals surface area (Å²) >= 11 is 10.4. The number of carbonyl (C=O) groups is 1. The van der Waals surface area contributed by atoms with Crippen LogP contribution in [-0.4, -0.2) is 42.4 Å². The van der Waals surface area contributed by atoms with Gasteiger partial charge in [-0.05, 0) is 54.8 Å². The molecule has 8 nitrogen and oxygen atoms in total. The van der Waals surface area contributed by atoms with E-state index in [0.717, 1.165) is 40.1 Å². The van der Waals surface area contributed by atoms with E-state index in [0.29, 0.717) is 21.9 Å². The first-order chi connectivity index (χ1) is 19.6. The fraction of sp³-hybridized carbons (Fsp3) is 0.179. The van der Waals surface area contributed by atoms with Crippen LogP contribution in [0.25, 0.3) is 5.69 Å². The average Bonchev–Trinajstić information content (AvgIpc) is 3.61. The SMILES string of the molecule is O=C(CSc1nnc(CNc2ccc(Cl)cc2)n1-c1ccccc1)Nc1nnc(SCCCc2ccccc2)s1. The molecule has 2 N–H and O–H groups in total. The Morgan fingerprint density at radius 1 is 0.875 bits per heavy atom. The quantitative estimate of drug-likeness (QED) is 0.0853. The van der Waals surface area contributed by atoms with Crippen molar-refractivity contribution in [1.29, 1.82) is 0 Å². The van der Waals surface area contributed by atoms with Crippen molar-refractivity contribution in [2.45, 2.75) is 28.9 Å². The molecule has 0 bridgehead atoms. The third-order valence-corrected chi connectivity index (χ3v) is 8.91. The summed E-state index contributed by atoms with van der Waals surface area (Å²) in [5, 5.41) is 25.1. The number of thioether (sulfide) groups is 2. The van der Waals surface area contributed by atoms with Gasteiger partial charge in [-0.1, -0.05) is 95.0 Å². The zero-order valence-corrected chi connectivity index (χ0v) is 24.6. The minimum absolute atomic E-state index is 0.161. The number of rotatable bonds is 13. The fourth-order valence-corrected chi connectivity index (χ4v) is 6.45. The van der Waals surface area contributed by atoms with Crippen LogP contribution in [0.15, 0.2) is 94.4 Å². The topological polar surface area (TPSA) is 97.6 Å². The van der Waals surface area contributed by atoms with E-state index in [1.165, 1.54) is 28.7 Å². The number of amides is 1. The molecule has 12 heteroatoms. The smallest absolute Gasteiger partial charge is 0.236 e. The van der Waals surface area contributed by atoms with Crippen LogP contribution in [0.5, 0.6) is 0 Å². The van der Waals surface area contributed by atoms with Crippen molar-refractivity contribution in [3.63, 3.8) is 0 Å². The Balaban J connectivity index is 1.15. The molecule has 2 heterocycles. The summed E-state index contributed by atoms with van der Waals surface area (Å²) in [6, 6.07) is 27.8. The standard InChI is InChI=1S/C28H26ClN7OS3/c29-21-13-15-22(16-14-21)30-18-24-32-34-27(36(24)23-11-5-2-6-12-23)39-19-25(37)31-26-33-35-28(40-26)38-17-7-10-20-8-3-1-4-9-20/h1-6,8-9,11-16,30H,7,10,17-19H2,(H,31,33,37). The highest BCUT2D eigenvalue weighted by atomic mass is 35.5. The van der Waals surface area contributed by atoms with Crippen LogP contribution < -0.4 is 10.6 Å². The van der Waals surface area contributed by atoms with E-state index >= 15 is 0 Å². The van der Waals surface area contributed by atoms with Crippen molar-refractivity contribution >= 4 is 63.2 Å². The fourth-order valence-electron chi connectivity index (χ4n) is 3.78. The van der Waals surface area contributed by atoms with Gasteiger partial charge < -0.3 is 5.32 Å². The molecule has 204 valence electrons. The van der Waals surface area contributed by atoms with E-state index in [2.05, 4.69) is 55.3 Å².